The molecule has 0 aliphatic carbocycles. The normalized spacial score (nSPS) is 18.5. The van der Waals surface area contributed by atoms with E-state index in [2.05, 4.69) is 24.1 Å². The second kappa shape index (κ2) is 10.1. The van der Waals surface area contributed by atoms with Crippen molar-refractivity contribution in [3.63, 3.8) is 0 Å². The number of likely N-dealkylation sites (tertiary alicyclic amines) is 1. The Hall–Kier alpha value is -2.08. The Morgan fingerprint density at radius 1 is 1.07 bits per heavy atom. The third-order valence-electron chi connectivity index (χ3n) is 6.24. The molecule has 0 aromatic heterocycles. The first-order chi connectivity index (χ1) is 14.0. The fraction of sp³-hybridized carbons (Fsp3) is 0.652. The topological polar surface area (TPSA) is 61.9 Å². The third kappa shape index (κ3) is 5.30. The Morgan fingerprint density at radius 2 is 1.72 bits per heavy atom. The van der Waals surface area contributed by atoms with Crippen molar-refractivity contribution in [1.82, 2.24) is 15.1 Å². The molecule has 1 aromatic rings. The van der Waals surface area contributed by atoms with E-state index in [4.69, 9.17) is 4.74 Å². The van der Waals surface area contributed by atoms with Gasteiger partial charge in [-0.15, -0.1) is 0 Å². The van der Waals surface area contributed by atoms with E-state index in [0.29, 0.717) is 32.8 Å². The molecule has 2 heterocycles. The van der Waals surface area contributed by atoms with E-state index in [-0.39, 0.29) is 24.0 Å². The summed E-state index contributed by atoms with van der Waals surface area (Å²) in [5.41, 5.74) is 3.10. The summed E-state index contributed by atoms with van der Waals surface area (Å²) >= 11 is 0. The van der Waals surface area contributed by atoms with E-state index in [1.807, 2.05) is 30.0 Å². The molecule has 6 nitrogen and oxygen atoms in total. The second-order valence-electron chi connectivity index (χ2n) is 8.31. The molecule has 0 saturated carbocycles. The van der Waals surface area contributed by atoms with Gasteiger partial charge in [-0.3, -0.25) is 4.79 Å². The van der Waals surface area contributed by atoms with Crippen molar-refractivity contribution in [2.24, 2.45) is 0 Å². The SMILES string of the molecule is CCCNC(=O)N(C1CCOCC1)C1CCN(C(=O)c2ccc(C)c(C)c2)CC1. The maximum atomic E-state index is 12.9. The maximum absolute atomic E-state index is 12.9. The van der Waals surface area contributed by atoms with Crippen LogP contribution >= 0.6 is 0 Å². The van der Waals surface area contributed by atoms with Crippen molar-refractivity contribution in [3.8, 4) is 0 Å². The number of ether oxygens (including phenoxy) is 1. The molecule has 1 N–H and O–H groups in total. The largest absolute Gasteiger partial charge is 0.381 e. The van der Waals surface area contributed by atoms with Crippen LogP contribution in [0.25, 0.3) is 0 Å². The van der Waals surface area contributed by atoms with Crippen molar-refractivity contribution in [3.05, 3.63) is 34.9 Å². The lowest BCUT2D eigenvalue weighted by molar-refractivity contribution is 0.0209. The number of nitrogens with zero attached hydrogens (tertiary/aromatic N) is 2. The first-order valence-corrected chi connectivity index (χ1v) is 11.0. The fourth-order valence-electron chi connectivity index (χ4n) is 4.32. The number of urea groups is 1. The minimum Gasteiger partial charge on any atom is -0.381 e. The summed E-state index contributed by atoms with van der Waals surface area (Å²) in [5.74, 6) is 0.0969. The van der Waals surface area contributed by atoms with Crippen LogP contribution in [0.1, 0.15) is 60.5 Å². The van der Waals surface area contributed by atoms with Gasteiger partial charge in [0.2, 0.25) is 0 Å². The van der Waals surface area contributed by atoms with Gasteiger partial charge in [0.25, 0.3) is 5.91 Å². The van der Waals surface area contributed by atoms with Crippen LogP contribution in [0, 0.1) is 13.8 Å². The van der Waals surface area contributed by atoms with E-state index in [1.54, 1.807) is 0 Å². The summed E-state index contributed by atoms with van der Waals surface area (Å²) in [6, 6.07) is 6.36. The molecule has 2 saturated heterocycles. The molecular weight excluding hydrogens is 366 g/mol. The van der Waals surface area contributed by atoms with Gasteiger partial charge in [-0.25, -0.2) is 4.79 Å². The molecule has 0 unspecified atom stereocenters. The molecule has 1 aromatic carbocycles. The predicted octanol–water partition coefficient (Wildman–Crippen LogP) is 3.51. The van der Waals surface area contributed by atoms with E-state index in [9.17, 15) is 9.59 Å². The average molecular weight is 402 g/mol. The smallest absolute Gasteiger partial charge is 0.317 e. The summed E-state index contributed by atoms with van der Waals surface area (Å²) in [7, 11) is 0. The van der Waals surface area contributed by atoms with E-state index in [1.165, 1.54) is 5.56 Å². The van der Waals surface area contributed by atoms with Crippen LogP contribution in [-0.2, 0) is 4.74 Å². The summed E-state index contributed by atoms with van der Waals surface area (Å²) in [5, 5.41) is 3.06. The van der Waals surface area contributed by atoms with Gasteiger partial charge in [-0.1, -0.05) is 13.0 Å². The molecule has 3 rings (SSSR count). The number of carbonyl (C=O) groups is 2. The molecule has 3 amide bonds. The highest BCUT2D eigenvalue weighted by molar-refractivity contribution is 5.94. The number of hydrogen-bond donors (Lipinski definition) is 1. The molecule has 0 spiro atoms. The van der Waals surface area contributed by atoms with Gasteiger partial charge in [0, 0.05) is 50.5 Å². The van der Waals surface area contributed by atoms with E-state index >= 15 is 0 Å². The molecule has 2 aliphatic rings. The number of carbonyl (C=O) groups excluding carboxylic acids is 2. The Labute approximate surface area is 174 Å². The number of piperidine rings is 1. The van der Waals surface area contributed by atoms with E-state index in [0.717, 1.165) is 43.2 Å². The van der Waals surface area contributed by atoms with Gasteiger partial charge >= 0.3 is 6.03 Å². The van der Waals surface area contributed by atoms with Gasteiger partial charge < -0.3 is 19.9 Å². The van der Waals surface area contributed by atoms with E-state index < -0.39 is 0 Å². The first-order valence-electron chi connectivity index (χ1n) is 11.0. The highest BCUT2D eigenvalue weighted by Gasteiger charge is 2.35. The number of amides is 3. The van der Waals surface area contributed by atoms with Crippen molar-refractivity contribution in [1.29, 1.82) is 0 Å². The molecule has 2 aliphatic heterocycles. The second-order valence-corrected chi connectivity index (χ2v) is 8.31. The van der Waals surface area contributed by atoms with Crippen molar-refractivity contribution >= 4 is 11.9 Å². The van der Waals surface area contributed by atoms with Gasteiger partial charge in [-0.05, 0) is 69.2 Å². The Kier molecular flexibility index (Phi) is 7.53. The average Bonchev–Trinajstić information content (AvgIpc) is 2.75. The summed E-state index contributed by atoms with van der Waals surface area (Å²) in [4.78, 5) is 29.8. The molecule has 2 fully saturated rings. The van der Waals surface area contributed by atoms with Gasteiger partial charge in [0.15, 0.2) is 0 Å². The molecule has 6 heteroatoms. The highest BCUT2D eigenvalue weighted by Crippen LogP contribution is 2.25. The molecular formula is C23H35N3O3. The molecule has 0 bridgehead atoms. The van der Waals surface area contributed by atoms with Crippen LogP contribution < -0.4 is 5.32 Å². The number of benzene rings is 1. The summed E-state index contributed by atoms with van der Waals surface area (Å²) in [6.07, 6.45) is 4.36. The minimum atomic E-state index is 0.0395. The predicted molar refractivity (Wildman–Crippen MR) is 114 cm³/mol. The summed E-state index contributed by atoms with van der Waals surface area (Å²) in [6.45, 7) is 9.67. The van der Waals surface area contributed by atoms with Gasteiger partial charge in [0.05, 0.1) is 0 Å². The summed E-state index contributed by atoms with van der Waals surface area (Å²) < 4.78 is 5.50. The van der Waals surface area contributed by atoms with Crippen molar-refractivity contribution < 1.29 is 14.3 Å². The molecule has 160 valence electrons. The quantitative estimate of drug-likeness (QED) is 0.821. The van der Waals surface area contributed by atoms with Crippen LogP contribution in [0.15, 0.2) is 18.2 Å². The number of rotatable bonds is 5. The zero-order chi connectivity index (χ0) is 20.8. The van der Waals surface area contributed by atoms with Crippen LogP contribution in [0.5, 0.6) is 0 Å². The zero-order valence-corrected chi connectivity index (χ0v) is 18.1. The van der Waals surface area contributed by atoms with Crippen LogP contribution in [-0.4, -0.2) is 66.7 Å². The Morgan fingerprint density at radius 3 is 2.34 bits per heavy atom. The number of hydrogen-bond acceptors (Lipinski definition) is 3. The van der Waals surface area contributed by atoms with Crippen LogP contribution in [0.3, 0.4) is 0 Å². The van der Waals surface area contributed by atoms with Crippen LogP contribution in [0.2, 0.25) is 0 Å². The van der Waals surface area contributed by atoms with Gasteiger partial charge in [0.1, 0.15) is 0 Å². The molecule has 0 radical (unpaired) electrons. The third-order valence-corrected chi connectivity index (χ3v) is 6.24. The lowest BCUT2D eigenvalue weighted by Crippen LogP contribution is -2.56. The fourth-order valence-corrected chi connectivity index (χ4v) is 4.32. The Bertz CT molecular complexity index is 707. The lowest BCUT2D eigenvalue weighted by atomic mass is 9.97. The van der Waals surface area contributed by atoms with Crippen LogP contribution in [0.4, 0.5) is 4.79 Å². The number of aryl methyl sites for hydroxylation is 2. The molecule has 29 heavy (non-hydrogen) atoms. The zero-order valence-electron chi connectivity index (χ0n) is 18.1. The Balaban J connectivity index is 1.64. The van der Waals surface area contributed by atoms with Crippen molar-refractivity contribution in [2.45, 2.75) is 65.0 Å². The lowest BCUT2D eigenvalue weighted by Gasteiger charge is -2.43. The first kappa shape index (κ1) is 21.6. The van der Waals surface area contributed by atoms with Gasteiger partial charge in [-0.2, -0.15) is 0 Å². The van der Waals surface area contributed by atoms with Crippen molar-refractivity contribution in [2.75, 3.05) is 32.8 Å². The number of nitrogens with one attached hydrogen (secondary N) is 1. The standard InChI is InChI=1S/C23H35N3O3/c1-4-11-24-23(28)26(21-9-14-29-15-10-21)20-7-12-25(13-8-20)22(27)19-6-5-17(2)18(3)16-19/h5-6,16,20-21H,4,7-15H2,1-3H3,(H,24,28). The minimum absolute atomic E-state index is 0.0395. The maximum Gasteiger partial charge on any atom is 0.317 e. The highest BCUT2D eigenvalue weighted by atomic mass is 16.5. The molecule has 0 atom stereocenters. The monoisotopic (exact) mass is 401 g/mol.